The van der Waals surface area contributed by atoms with E-state index < -0.39 is 0 Å². The van der Waals surface area contributed by atoms with E-state index in [1.54, 1.807) is 0 Å². The summed E-state index contributed by atoms with van der Waals surface area (Å²) in [7, 11) is 0. The molecule has 0 spiro atoms. The number of nitrogens with one attached hydrogen (secondary N) is 1. The molecule has 0 amide bonds. The zero-order valence-corrected chi connectivity index (χ0v) is 7.45. The molecule has 0 saturated heterocycles. The van der Waals surface area contributed by atoms with Crippen LogP contribution < -0.4 is 5.32 Å². The first-order chi connectivity index (χ1) is 6.33. The van der Waals surface area contributed by atoms with Crippen molar-refractivity contribution >= 4 is 0 Å². The fourth-order valence-electron chi connectivity index (χ4n) is 1.64. The predicted octanol–water partition coefficient (Wildman–Crippen LogP) is 1.02. The Kier molecular flexibility index (Phi) is 2.03. The van der Waals surface area contributed by atoms with Crippen LogP contribution in [0.25, 0.3) is 0 Å². The van der Waals surface area contributed by atoms with Crippen LogP contribution in [0.3, 0.4) is 0 Å². The molecule has 2 heterocycles. The predicted molar refractivity (Wildman–Crippen MR) is 45.7 cm³/mol. The average Bonchev–Trinajstić information content (AvgIpc) is 2.63. The highest BCUT2D eigenvalue weighted by atomic mass is 16.3. The van der Waals surface area contributed by atoms with Gasteiger partial charge >= 0.3 is 0 Å². The van der Waals surface area contributed by atoms with E-state index in [-0.39, 0.29) is 12.0 Å². The number of rotatable bonds is 1. The summed E-state index contributed by atoms with van der Waals surface area (Å²) in [4.78, 5) is 4.11. The molecular weight excluding hydrogens is 166 g/mol. The molecule has 4 nitrogen and oxygen atoms in total. The number of hydrogen-bond acceptors (Lipinski definition) is 4. The van der Waals surface area contributed by atoms with E-state index in [1.807, 2.05) is 6.92 Å². The Morgan fingerprint density at radius 1 is 1.85 bits per heavy atom. The lowest BCUT2D eigenvalue weighted by Crippen LogP contribution is -2.32. The van der Waals surface area contributed by atoms with E-state index in [4.69, 9.17) is 9.68 Å². The minimum absolute atomic E-state index is 0.0104. The van der Waals surface area contributed by atoms with Gasteiger partial charge < -0.3 is 9.73 Å². The van der Waals surface area contributed by atoms with Gasteiger partial charge in [0, 0.05) is 13.0 Å². The standard InChI is InChI=1S/C9H11N3O/c1-6(4-10)8-9-7(2-3-11-8)12-5-13-9/h5-6,8,11H,2-3H2,1H3. The molecule has 0 saturated carbocycles. The molecule has 68 valence electrons. The Bertz CT molecular complexity index is 339. The van der Waals surface area contributed by atoms with Gasteiger partial charge in [0.1, 0.15) is 5.76 Å². The Labute approximate surface area is 76.6 Å². The molecule has 0 aromatic carbocycles. The zero-order chi connectivity index (χ0) is 9.26. The summed E-state index contributed by atoms with van der Waals surface area (Å²) in [5, 5.41) is 12.1. The fourth-order valence-corrected chi connectivity index (χ4v) is 1.64. The summed E-state index contributed by atoms with van der Waals surface area (Å²) in [5.74, 6) is 0.757. The SMILES string of the molecule is CC(C#N)C1NCCc2ncoc21. The molecule has 2 unspecified atom stereocenters. The summed E-state index contributed by atoms with van der Waals surface area (Å²) >= 11 is 0. The van der Waals surface area contributed by atoms with Gasteiger partial charge in [-0.2, -0.15) is 5.26 Å². The minimum atomic E-state index is -0.0769. The molecule has 1 N–H and O–H groups in total. The second-order valence-corrected chi connectivity index (χ2v) is 3.26. The lowest BCUT2D eigenvalue weighted by atomic mass is 9.96. The van der Waals surface area contributed by atoms with E-state index in [0.29, 0.717) is 0 Å². The molecule has 0 fully saturated rings. The topological polar surface area (TPSA) is 61.9 Å². The van der Waals surface area contributed by atoms with Crippen molar-refractivity contribution in [3.8, 4) is 6.07 Å². The van der Waals surface area contributed by atoms with Gasteiger partial charge in [0.2, 0.25) is 0 Å². The summed E-state index contributed by atoms with van der Waals surface area (Å²) in [5.41, 5.74) is 0.992. The molecule has 0 bridgehead atoms. The fraction of sp³-hybridized carbons (Fsp3) is 0.556. The monoisotopic (exact) mass is 177 g/mol. The van der Waals surface area contributed by atoms with Crippen LogP contribution in [-0.4, -0.2) is 11.5 Å². The minimum Gasteiger partial charge on any atom is -0.446 e. The van der Waals surface area contributed by atoms with Crippen molar-refractivity contribution in [2.75, 3.05) is 6.54 Å². The van der Waals surface area contributed by atoms with Crippen LogP contribution in [0.5, 0.6) is 0 Å². The van der Waals surface area contributed by atoms with Gasteiger partial charge in [-0.15, -0.1) is 0 Å². The molecule has 1 aromatic heterocycles. The van der Waals surface area contributed by atoms with Crippen LogP contribution in [0, 0.1) is 17.2 Å². The Hall–Kier alpha value is -1.34. The molecular formula is C9H11N3O. The highest BCUT2D eigenvalue weighted by Crippen LogP contribution is 2.27. The first-order valence-corrected chi connectivity index (χ1v) is 4.38. The van der Waals surface area contributed by atoms with Crippen LogP contribution in [0.15, 0.2) is 10.8 Å². The second-order valence-electron chi connectivity index (χ2n) is 3.26. The third-order valence-corrected chi connectivity index (χ3v) is 2.38. The van der Waals surface area contributed by atoms with Crippen LogP contribution in [0.4, 0.5) is 0 Å². The van der Waals surface area contributed by atoms with E-state index in [9.17, 15) is 0 Å². The van der Waals surface area contributed by atoms with Gasteiger partial charge in [-0.3, -0.25) is 0 Å². The zero-order valence-electron chi connectivity index (χ0n) is 7.45. The number of nitrogens with zero attached hydrogens (tertiary/aromatic N) is 2. The second kappa shape index (κ2) is 3.19. The number of fused-ring (bicyclic) bond motifs is 1. The lowest BCUT2D eigenvalue weighted by Gasteiger charge is -2.23. The number of hydrogen-bond donors (Lipinski definition) is 1. The number of oxazole rings is 1. The highest BCUT2D eigenvalue weighted by molar-refractivity contribution is 5.18. The third kappa shape index (κ3) is 1.31. The molecule has 1 aromatic rings. The van der Waals surface area contributed by atoms with Gasteiger partial charge in [0.05, 0.1) is 23.7 Å². The maximum atomic E-state index is 8.80. The van der Waals surface area contributed by atoms with Crippen molar-refractivity contribution < 1.29 is 4.42 Å². The first-order valence-electron chi connectivity index (χ1n) is 4.38. The largest absolute Gasteiger partial charge is 0.446 e. The molecule has 0 aliphatic carbocycles. The molecule has 1 aliphatic rings. The Balaban J connectivity index is 2.31. The molecule has 0 radical (unpaired) electrons. The van der Waals surface area contributed by atoms with Crippen LogP contribution in [0.2, 0.25) is 0 Å². The highest BCUT2D eigenvalue weighted by Gasteiger charge is 2.28. The van der Waals surface area contributed by atoms with E-state index >= 15 is 0 Å². The maximum Gasteiger partial charge on any atom is 0.181 e. The van der Waals surface area contributed by atoms with Gasteiger partial charge in [0.25, 0.3) is 0 Å². The van der Waals surface area contributed by atoms with Gasteiger partial charge in [0.15, 0.2) is 6.39 Å². The van der Waals surface area contributed by atoms with Crippen molar-refractivity contribution in [2.45, 2.75) is 19.4 Å². The Morgan fingerprint density at radius 3 is 3.46 bits per heavy atom. The normalized spacial score (nSPS) is 23.2. The summed E-state index contributed by atoms with van der Waals surface area (Å²) in [6, 6.07) is 2.23. The third-order valence-electron chi connectivity index (χ3n) is 2.38. The van der Waals surface area contributed by atoms with Crippen LogP contribution in [-0.2, 0) is 6.42 Å². The van der Waals surface area contributed by atoms with Gasteiger partial charge in [-0.05, 0) is 6.92 Å². The van der Waals surface area contributed by atoms with Crippen molar-refractivity contribution in [1.82, 2.24) is 10.3 Å². The summed E-state index contributed by atoms with van der Waals surface area (Å²) in [6.45, 7) is 2.76. The van der Waals surface area contributed by atoms with Crippen molar-refractivity contribution in [1.29, 1.82) is 5.26 Å². The van der Waals surface area contributed by atoms with E-state index in [1.165, 1.54) is 6.39 Å². The van der Waals surface area contributed by atoms with Crippen LogP contribution in [0.1, 0.15) is 24.4 Å². The number of aromatic nitrogens is 1. The molecule has 2 atom stereocenters. The van der Waals surface area contributed by atoms with Crippen molar-refractivity contribution in [2.24, 2.45) is 5.92 Å². The quantitative estimate of drug-likeness (QED) is 0.695. The number of nitriles is 1. The smallest absolute Gasteiger partial charge is 0.181 e. The average molecular weight is 177 g/mol. The van der Waals surface area contributed by atoms with Gasteiger partial charge in [-0.1, -0.05) is 0 Å². The van der Waals surface area contributed by atoms with Crippen molar-refractivity contribution in [3.05, 3.63) is 17.8 Å². The molecule has 2 rings (SSSR count). The summed E-state index contributed by atoms with van der Waals surface area (Å²) < 4.78 is 5.27. The van der Waals surface area contributed by atoms with E-state index in [2.05, 4.69) is 16.4 Å². The molecule has 4 heteroatoms. The maximum absolute atomic E-state index is 8.80. The van der Waals surface area contributed by atoms with Gasteiger partial charge in [-0.25, -0.2) is 4.98 Å². The van der Waals surface area contributed by atoms with Crippen molar-refractivity contribution in [3.63, 3.8) is 0 Å². The lowest BCUT2D eigenvalue weighted by molar-refractivity contribution is 0.347. The first kappa shape index (κ1) is 8.27. The summed E-state index contributed by atoms with van der Waals surface area (Å²) in [6.07, 6.45) is 2.34. The molecule has 1 aliphatic heterocycles. The van der Waals surface area contributed by atoms with E-state index in [0.717, 1.165) is 24.4 Å². The Morgan fingerprint density at radius 2 is 2.69 bits per heavy atom. The van der Waals surface area contributed by atoms with Crippen LogP contribution >= 0.6 is 0 Å². The molecule has 13 heavy (non-hydrogen) atoms.